The van der Waals surface area contributed by atoms with Crippen LogP contribution in [0.25, 0.3) is 10.9 Å². The van der Waals surface area contributed by atoms with E-state index < -0.39 is 11.7 Å². The third-order valence-electron chi connectivity index (χ3n) is 4.36. The van der Waals surface area contributed by atoms with Crippen molar-refractivity contribution in [3.8, 4) is 0 Å². The molecule has 2 aromatic carbocycles. The second kappa shape index (κ2) is 6.63. The molecule has 0 aliphatic carbocycles. The van der Waals surface area contributed by atoms with Gasteiger partial charge in [-0.1, -0.05) is 23.2 Å². The van der Waals surface area contributed by atoms with Crippen molar-refractivity contribution < 1.29 is 18.0 Å². The molecule has 2 nitrogen and oxygen atoms in total. The SMILES string of the molecule is Cc1cn(Cc2c(Cl)ccc(C=O)c2Cl)c2c(C)cc(C(F)(F)F)cc12. The van der Waals surface area contributed by atoms with E-state index in [1.807, 2.05) is 4.57 Å². The van der Waals surface area contributed by atoms with Gasteiger partial charge in [0.1, 0.15) is 0 Å². The predicted molar refractivity (Wildman–Crippen MR) is 97.4 cm³/mol. The zero-order chi connectivity index (χ0) is 19.2. The van der Waals surface area contributed by atoms with E-state index in [1.54, 1.807) is 26.1 Å². The molecular formula is C19H14Cl2F3NO. The predicted octanol–water partition coefficient (Wildman–Crippen LogP) is 6.44. The van der Waals surface area contributed by atoms with E-state index in [2.05, 4.69) is 0 Å². The summed E-state index contributed by atoms with van der Waals surface area (Å²) in [6.45, 7) is 3.64. The van der Waals surface area contributed by atoms with Gasteiger partial charge in [0.05, 0.1) is 22.6 Å². The molecule has 0 N–H and O–H groups in total. The van der Waals surface area contributed by atoms with E-state index in [-0.39, 0.29) is 11.6 Å². The molecule has 0 aliphatic heterocycles. The Labute approximate surface area is 158 Å². The highest BCUT2D eigenvalue weighted by Gasteiger charge is 2.31. The van der Waals surface area contributed by atoms with Crippen LogP contribution in [0.15, 0.2) is 30.5 Å². The van der Waals surface area contributed by atoms with Gasteiger partial charge >= 0.3 is 6.18 Å². The van der Waals surface area contributed by atoms with E-state index in [9.17, 15) is 18.0 Å². The fraction of sp³-hybridized carbons (Fsp3) is 0.211. The molecule has 136 valence electrons. The first-order valence-corrected chi connectivity index (χ1v) is 8.48. The summed E-state index contributed by atoms with van der Waals surface area (Å²) in [6, 6.07) is 5.39. The van der Waals surface area contributed by atoms with Crippen LogP contribution in [0.5, 0.6) is 0 Å². The van der Waals surface area contributed by atoms with Crippen LogP contribution in [0.4, 0.5) is 13.2 Å². The quantitative estimate of drug-likeness (QED) is 0.464. The second-order valence-corrected chi connectivity index (χ2v) is 6.96. The Hall–Kier alpha value is -1.98. The number of carbonyl (C=O) groups excluding carboxylic acids is 1. The average molecular weight is 400 g/mol. The monoisotopic (exact) mass is 399 g/mol. The van der Waals surface area contributed by atoms with E-state index in [4.69, 9.17) is 23.2 Å². The van der Waals surface area contributed by atoms with Gasteiger partial charge in [0, 0.05) is 27.7 Å². The minimum absolute atomic E-state index is 0.246. The molecule has 0 bridgehead atoms. The van der Waals surface area contributed by atoms with Gasteiger partial charge in [-0.05, 0) is 49.2 Å². The average Bonchev–Trinajstić information content (AvgIpc) is 2.87. The normalized spacial score (nSPS) is 12.0. The lowest BCUT2D eigenvalue weighted by Gasteiger charge is -2.14. The lowest BCUT2D eigenvalue weighted by Crippen LogP contribution is -2.06. The molecule has 0 saturated heterocycles. The van der Waals surface area contributed by atoms with Crippen LogP contribution in [0.3, 0.4) is 0 Å². The minimum atomic E-state index is -4.40. The van der Waals surface area contributed by atoms with E-state index in [0.29, 0.717) is 44.5 Å². The van der Waals surface area contributed by atoms with Crippen molar-refractivity contribution in [2.24, 2.45) is 0 Å². The lowest BCUT2D eigenvalue weighted by atomic mass is 10.0. The summed E-state index contributed by atoms with van der Waals surface area (Å²) >= 11 is 12.5. The first kappa shape index (κ1) is 18.8. The Morgan fingerprint density at radius 3 is 2.42 bits per heavy atom. The number of aldehydes is 1. The summed E-state index contributed by atoms with van der Waals surface area (Å²) in [5.41, 5.74) is 2.08. The molecule has 3 aromatic rings. The molecule has 0 fully saturated rings. The lowest BCUT2D eigenvalue weighted by molar-refractivity contribution is -0.137. The first-order valence-electron chi connectivity index (χ1n) is 7.72. The maximum absolute atomic E-state index is 13.1. The van der Waals surface area contributed by atoms with Crippen molar-refractivity contribution in [1.29, 1.82) is 0 Å². The van der Waals surface area contributed by atoms with Crippen molar-refractivity contribution in [2.45, 2.75) is 26.6 Å². The number of halogens is 5. The Balaban J connectivity index is 2.18. The molecule has 26 heavy (non-hydrogen) atoms. The van der Waals surface area contributed by atoms with Crippen molar-refractivity contribution in [2.75, 3.05) is 0 Å². The smallest absolute Gasteiger partial charge is 0.342 e. The summed E-state index contributed by atoms with van der Waals surface area (Å²) in [6.07, 6.45) is -2.00. The first-order chi connectivity index (χ1) is 12.1. The van der Waals surface area contributed by atoms with Crippen molar-refractivity contribution in [3.05, 3.63) is 68.3 Å². The largest absolute Gasteiger partial charge is 0.416 e. The number of fused-ring (bicyclic) bond motifs is 1. The van der Waals surface area contributed by atoms with Crippen LogP contribution in [0.2, 0.25) is 10.0 Å². The Bertz CT molecular complexity index is 1020. The van der Waals surface area contributed by atoms with Crippen LogP contribution >= 0.6 is 23.2 Å². The van der Waals surface area contributed by atoms with Crippen LogP contribution in [0.1, 0.15) is 32.6 Å². The molecule has 0 saturated carbocycles. The fourth-order valence-electron chi connectivity index (χ4n) is 3.14. The maximum Gasteiger partial charge on any atom is 0.416 e. The third kappa shape index (κ3) is 3.21. The van der Waals surface area contributed by atoms with Crippen LogP contribution in [-0.4, -0.2) is 10.9 Å². The highest BCUT2D eigenvalue weighted by atomic mass is 35.5. The van der Waals surface area contributed by atoms with Gasteiger partial charge in [0.25, 0.3) is 0 Å². The summed E-state index contributed by atoms with van der Waals surface area (Å²) < 4.78 is 41.1. The molecule has 0 aliphatic rings. The molecule has 0 radical (unpaired) electrons. The number of nitrogens with zero attached hydrogens (tertiary/aromatic N) is 1. The number of aryl methyl sites for hydroxylation is 2. The van der Waals surface area contributed by atoms with E-state index in [1.165, 1.54) is 6.07 Å². The van der Waals surface area contributed by atoms with Gasteiger partial charge in [0.15, 0.2) is 6.29 Å². The van der Waals surface area contributed by atoms with Gasteiger partial charge < -0.3 is 4.57 Å². The van der Waals surface area contributed by atoms with Crippen molar-refractivity contribution in [1.82, 2.24) is 4.57 Å². The number of aromatic nitrogens is 1. The highest BCUT2D eigenvalue weighted by molar-refractivity contribution is 6.37. The summed E-state index contributed by atoms with van der Waals surface area (Å²) in [7, 11) is 0. The van der Waals surface area contributed by atoms with Gasteiger partial charge in [-0.2, -0.15) is 13.2 Å². The van der Waals surface area contributed by atoms with E-state index >= 15 is 0 Å². The molecule has 1 aromatic heterocycles. The molecule has 0 amide bonds. The van der Waals surface area contributed by atoms with Gasteiger partial charge in [-0.3, -0.25) is 4.79 Å². The minimum Gasteiger partial charge on any atom is -0.342 e. The maximum atomic E-state index is 13.1. The van der Waals surface area contributed by atoms with Gasteiger partial charge in [-0.25, -0.2) is 0 Å². The molecular weight excluding hydrogens is 386 g/mol. The second-order valence-electron chi connectivity index (χ2n) is 6.17. The third-order valence-corrected chi connectivity index (χ3v) is 5.16. The standard InChI is InChI=1S/C19H14Cl2F3NO/c1-10-5-13(19(22,23)24)6-14-11(2)7-25(18(10)14)8-15-16(20)4-3-12(9-26)17(15)21/h3-7,9H,8H2,1-2H3. The Morgan fingerprint density at radius 2 is 1.81 bits per heavy atom. The van der Waals surface area contributed by atoms with Crippen molar-refractivity contribution in [3.63, 3.8) is 0 Å². The molecule has 1 heterocycles. The molecule has 0 spiro atoms. The van der Waals surface area contributed by atoms with E-state index in [0.717, 1.165) is 12.1 Å². The number of hydrogen-bond donors (Lipinski definition) is 0. The fourth-order valence-corrected chi connectivity index (χ4v) is 3.67. The number of carbonyl (C=O) groups is 1. The van der Waals surface area contributed by atoms with Gasteiger partial charge in [-0.15, -0.1) is 0 Å². The Kier molecular flexibility index (Phi) is 4.80. The van der Waals surface area contributed by atoms with Crippen LogP contribution in [-0.2, 0) is 12.7 Å². The number of hydrogen-bond acceptors (Lipinski definition) is 1. The molecule has 3 rings (SSSR count). The summed E-state index contributed by atoms with van der Waals surface area (Å²) in [5, 5.41) is 1.16. The van der Waals surface area contributed by atoms with Crippen LogP contribution in [0, 0.1) is 13.8 Å². The molecule has 0 atom stereocenters. The van der Waals surface area contributed by atoms with Crippen LogP contribution < -0.4 is 0 Å². The molecule has 0 unspecified atom stereocenters. The zero-order valence-corrected chi connectivity index (χ0v) is 15.4. The number of benzene rings is 2. The molecule has 7 heteroatoms. The topological polar surface area (TPSA) is 22.0 Å². The zero-order valence-electron chi connectivity index (χ0n) is 13.9. The number of rotatable bonds is 3. The summed E-state index contributed by atoms with van der Waals surface area (Å²) in [5.74, 6) is 0. The van der Waals surface area contributed by atoms with Gasteiger partial charge in [0.2, 0.25) is 0 Å². The van der Waals surface area contributed by atoms with Crippen molar-refractivity contribution >= 4 is 40.4 Å². The number of alkyl halides is 3. The summed E-state index contributed by atoms with van der Waals surface area (Å²) in [4.78, 5) is 11.1. The highest BCUT2D eigenvalue weighted by Crippen LogP contribution is 2.36. The Morgan fingerprint density at radius 1 is 1.12 bits per heavy atom.